The number of nitrogens with zero attached hydrogens (tertiary/aromatic N) is 3. The van der Waals surface area contributed by atoms with Gasteiger partial charge in [0.2, 0.25) is 5.91 Å². The van der Waals surface area contributed by atoms with Gasteiger partial charge in [-0.2, -0.15) is 5.10 Å². The van der Waals surface area contributed by atoms with E-state index < -0.39 is 5.91 Å². The SMILES string of the molecule is NC(=O)CN1Cc2cccc(Nc3cnc4[nH]ncc4c3)c2C1=O. The highest BCUT2D eigenvalue weighted by Gasteiger charge is 2.30. The predicted octanol–water partition coefficient (Wildman–Crippen LogP) is 1.14. The largest absolute Gasteiger partial charge is 0.368 e. The third-order valence-corrected chi connectivity index (χ3v) is 3.93. The number of rotatable bonds is 4. The van der Waals surface area contributed by atoms with Crippen LogP contribution in [0, 0.1) is 0 Å². The summed E-state index contributed by atoms with van der Waals surface area (Å²) in [5, 5.41) is 10.8. The predicted molar refractivity (Wildman–Crippen MR) is 87.5 cm³/mol. The third-order valence-electron chi connectivity index (χ3n) is 3.93. The van der Waals surface area contributed by atoms with Gasteiger partial charge in [-0.15, -0.1) is 0 Å². The summed E-state index contributed by atoms with van der Waals surface area (Å²) in [4.78, 5) is 29.4. The van der Waals surface area contributed by atoms with Gasteiger partial charge in [0.15, 0.2) is 5.65 Å². The standard InChI is InChI=1S/C16H14N6O2/c17-13(23)8-22-7-9-2-1-3-12(14(9)16(22)24)20-11-4-10-5-19-21-15(10)18-6-11/h1-6,20H,7-8H2,(H2,17,23)(H,18,19,21). The Morgan fingerprint density at radius 3 is 3.08 bits per heavy atom. The fraction of sp³-hybridized carbons (Fsp3) is 0.125. The first-order chi connectivity index (χ1) is 11.6. The van der Waals surface area contributed by atoms with Crippen LogP contribution in [0.4, 0.5) is 11.4 Å². The highest BCUT2D eigenvalue weighted by Crippen LogP contribution is 2.31. The zero-order valence-corrected chi connectivity index (χ0v) is 12.6. The van der Waals surface area contributed by atoms with Crippen molar-refractivity contribution in [3.63, 3.8) is 0 Å². The molecule has 0 saturated heterocycles. The van der Waals surface area contributed by atoms with Crippen molar-refractivity contribution in [2.24, 2.45) is 5.73 Å². The summed E-state index contributed by atoms with van der Waals surface area (Å²) in [5.74, 6) is -0.732. The van der Waals surface area contributed by atoms with E-state index in [0.717, 1.165) is 16.6 Å². The number of carbonyl (C=O) groups excluding carboxylic acids is 2. The van der Waals surface area contributed by atoms with Crippen molar-refractivity contribution in [2.45, 2.75) is 6.54 Å². The quantitative estimate of drug-likeness (QED) is 0.666. The molecular weight excluding hydrogens is 308 g/mol. The number of pyridine rings is 1. The number of aromatic nitrogens is 3. The molecule has 24 heavy (non-hydrogen) atoms. The van der Waals surface area contributed by atoms with Gasteiger partial charge < -0.3 is 16.0 Å². The smallest absolute Gasteiger partial charge is 0.257 e. The van der Waals surface area contributed by atoms with Gasteiger partial charge in [-0.05, 0) is 17.7 Å². The minimum atomic E-state index is -0.528. The lowest BCUT2D eigenvalue weighted by Gasteiger charge is -2.13. The molecule has 2 amide bonds. The van der Waals surface area contributed by atoms with Crippen LogP contribution in [0.5, 0.6) is 0 Å². The number of nitrogens with two attached hydrogens (primary N) is 1. The molecule has 3 heterocycles. The Hall–Kier alpha value is -3.42. The monoisotopic (exact) mass is 322 g/mol. The number of nitrogens with one attached hydrogen (secondary N) is 2. The Morgan fingerprint density at radius 2 is 2.25 bits per heavy atom. The van der Waals surface area contributed by atoms with Gasteiger partial charge >= 0.3 is 0 Å². The maximum Gasteiger partial charge on any atom is 0.257 e. The first-order valence-corrected chi connectivity index (χ1v) is 7.37. The highest BCUT2D eigenvalue weighted by molar-refractivity contribution is 6.05. The summed E-state index contributed by atoms with van der Waals surface area (Å²) in [6.07, 6.45) is 3.35. The molecule has 3 aromatic rings. The van der Waals surface area contributed by atoms with E-state index in [-0.39, 0.29) is 12.5 Å². The summed E-state index contributed by atoms with van der Waals surface area (Å²) in [6.45, 7) is 0.293. The Kier molecular flexibility index (Phi) is 3.16. The first-order valence-electron chi connectivity index (χ1n) is 7.37. The molecule has 1 aliphatic rings. The second-order valence-electron chi connectivity index (χ2n) is 5.62. The molecule has 0 saturated carbocycles. The van der Waals surface area contributed by atoms with E-state index in [1.54, 1.807) is 12.4 Å². The van der Waals surface area contributed by atoms with Gasteiger partial charge in [0, 0.05) is 11.9 Å². The average Bonchev–Trinajstić information content (AvgIpc) is 3.12. The van der Waals surface area contributed by atoms with E-state index in [1.807, 2.05) is 24.3 Å². The maximum absolute atomic E-state index is 12.6. The molecule has 0 aliphatic carbocycles. The number of hydrogen-bond donors (Lipinski definition) is 3. The Bertz CT molecular complexity index is 964. The summed E-state index contributed by atoms with van der Waals surface area (Å²) in [5.41, 5.74) is 8.75. The molecule has 4 N–H and O–H groups in total. The van der Waals surface area contributed by atoms with Crippen LogP contribution in [0.15, 0.2) is 36.7 Å². The van der Waals surface area contributed by atoms with Crippen molar-refractivity contribution >= 4 is 34.2 Å². The third kappa shape index (κ3) is 2.34. The maximum atomic E-state index is 12.6. The molecule has 2 aromatic heterocycles. The topological polar surface area (TPSA) is 117 Å². The summed E-state index contributed by atoms with van der Waals surface area (Å²) in [7, 11) is 0. The number of carbonyl (C=O) groups is 2. The fourth-order valence-electron chi connectivity index (χ4n) is 2.90. The van der Waals surface area contributed by atoms with Crippen LogP contribution < -0.4 is 11.1 Å². The van der Waals surface area contributed by atoms with E-state index in [1.165, 1.54) is 4.90 Å². The number of hydrogen-bond acceptors (Lipinski definition) is 5. The molecule has 0 spiro atoms. The van der Waals surface area contributed by atoms with E-state index in [2.05, 4.69) is 20.5 Å². The van der Waals surface area contributed by atoms with Gasteiger partial charge in [-0.3, -0.25) is 14.7 Å². The van der Waals surface area contributed by atoms with Crippen LogP contribution in [-0.4, -0.2) is 38.4 Å². The molecule has 0 bridgehead atoms. The van der Waals surface area contributed by atoms with Crippen LogP contribution in [0.3, 0.4) is 0 Å². The van der Waals surface area contributed by atoms with Crippen LogP contribution in [0.2, 0.25) is 0 Å². The van der Waals surface area contributed by atoms with Gasteiger partial charge in [-0.25, -0.2) is 4.98 Å². The Balaban J connectivity index is 1.67. The second-order valence-corrected chi connectivity index (χ2v) is 5.62. The van der Waals surface area contributed by atoms with Crippen molar-refractivity contribution in [1.29, 1.82) is 0 Å². The van der Waals surface area contributed by atoms with Gasteiger partial charge in [0.05, 0.1) is 35.9 Å². The molecule has 0 fully saturated rings. The fourth-order valence-corrected chi connectivity index (χ4v) is 2.90. The molecule has 4 rings (SSSR count). The number of fused-ring (bicyclic) bond motifs is 2. The normalized spacial score (nSPS) is 13.3. The lowest BCUT2D eigenvalue weighted by Crippen LogP contribution is -2.33. The van der Waals surface area contributed by atoms with Crippen LogP contribution in [-0.2, 0) is 11.3 Å². The van der Waals surface area contributed by atoms with Gasteiger partial charge in [0.1, 0.15) is 0 Å². The zero-order chi connectivity index (χ0) is 16.7. The van der Waals surface area contributed by atoms with Crippen molar-refractivity contribution in [3.05, 3.63) is 47.8 Å². The minimum absolute atomic E-state index is 0.0878. The molecule has 8 nitrogen and oxygen atoms in total. The lowest BCUT2D eigenvalue weighted by atomic mass is 10.1. The van der Waals surface area contributed by atoms with E-state index in [4.69, 9.17) is 5.73 Å². The van der Waals surface area contributed by atoms with E-state index in [0.29, 0.717) is 23.4 Å². The molecule has 0 atom stereocenters. The molecule has 8 heteroatoms. The van der Waals surface area contributed by atoms with Crippen LogP contribution in [0.25, 0.3) is 11.0 Å². The highest BCUT2D eigenvalue weighted by atomic mass is 16.2. The van der Waals surface area contributed by atoms with Crippen molar-refractivity contribution < 1.29 is 9.59 Å². The Labute approximate surface area is 136 Å². The molecule has 0 radical (unpaired) electrons. The lowest BCUT2D eigenvalue weighted by molar-refractivity contribution is -0.118. The first kappa shape index (κ1) is 14.2. The van der Waals surface area contributed by atoms with E-state index in [9.17, 15) is 9.59 Å². The second kappa shape index (κ2) is 5.34. The van der Waals surface area contributed by atoms with Crippen LogP contribution >= 0.6 is 0 Å². The zero-order valence-electron chi connectivity index (χ0n) is 12.6. The molecule has 120 valence electrons. The number of amides is 2. The van der Waals surface area contributed by atoms with Gasteiger partial charge in [0.25, 0.3) is 5.91 Å². The van der Waals surface area contributed by atoms with Crippen molar-refractivity contribution in [2.75, 3.05) is 11.9 Å². The van der Waals surface area contributed by atoms with Crippen molar-refractivity contribution in [1.82, 2.24) is 20.1 Å². The summed E-state index contributed by atoms with van der Waals surface area (Å²) < 4.78 is 0. The average molecular weight is 322 g/mol. The molecular formula is C16H14N6O2. The number of primary amides is 1. The number of aromatic amines is 1. The molecule has 0 unspecified atom stereocenters. The Morgan fingerprint density at radius 1 is 1.38 bits per heavy atom. The van der Waals surface area contributed by atoms with E-state index >= 15 is 0 Å². The van der Waals surface area contributed by atoms with Crippen LogP contribution in [0.1, 0.15) is 15.9 Å². The van der Waals surface area contributed by atoms with Crippen molar-refractivity contribution in [3.8, 4) is 0 Å². The molecule has 1 aliphatic heterocycles. The minimum Gasteiger partial charge on any atom is -0.368 e. The summed E-state index contributed by atoms with van der Waals surface area (Å²) >= 11 is 0. The number of anilines is 2. The number of H-pyrrole nitrogens is 1. The van der Waals surface area contributed by atoms with Gasteiger partial charge in [-0.1, -0.05) is 12.1 Å². The number of benzene rings is 1. The summed E-state index contributed by atoms with van der Waals surface area (Å²) in [6, 6.07) is 7.46. The molecule has 1 aromatic carbocycles.